The molecule has 2 N–H and O–H groups in total. The fraction of sp³-hybridized carbons (Fsp3) is 0.385. The smallest absolute Gasteiger partial charge is 0.323 e. The zero-order valence-corrected chi connectivity index (χ0v) is 10.3. The number of phenolic OH excluding ortho intramolecular Hbond substituents is 1. The van der Waals surface area contributed by atoms with Crippen LogP contribution in [0.25, 0.3) is 0 Å². The van der Waals surface area contributed by atoms with Crippen LogP contribution in [-0.4, -0.2) is 40.1 Å². The van der Waals surface area contributed by atoms with E-state index in [1.807, 2.05) is 6.92 Å². The molecule has 5 heteroatoms. The number of carbonyl (C=O) groups excluding carboxylic acids is 1. The molecule has 98 valence electrons. The van der Waals surface area contributed by atoms with Crippen LogP contribution in [0.3, 0.4) is 0 Å². The van der Waals surface area contributed by atoms with E-state index in [2.05, 4.69) is 0 Å². The maximum atomic E-state index is 11.9. The van der Waals surface area contributed by atoms with E-state index >= 15 is 0 Å². The minimum atomic E-state index is -1.01. The van der Waals surface area contributed by atoms with Crippen molar-refractivity contribution in [3.63, 3.8) is 0 Å². The molecular formula is C13H17NO4. The molecule has 0 aliphatic rings. The average Bonchev–Trinajstić information content (AvgIpc) is 2.31. The van der Waals surface area contributed by atoms with Gasteiger partial charge in [-0.15, -0.1) is 0 Å². The van der Waals surface area contributed by atoms with E-state index in [4.69, 9.17) is 10.2 Å². The first kappa shape index (κ1) is 14.0. The van der Waals surface area contributed by atoms with Crippen LogP contribution in [0.1, 0.15) is 18.9 Å². The third kappa shape index (κ3) is 4.45. The highest BCUT2D eigenvalue weighted by Crippen LogP contribution is 2.11. The summed E-state index contributed by atoms with van der Waals surface area (Å²) in [5, 5.41) is 17.9. The van der Waals surface area contributed by atoms with Crippen molar-refractivity contribution < 1.29 is 19.8 Å². The van der Waals surface area contributed by atoms with E-state index in [0.717, 1.165) is 5.56 Å². The fourth-order valence-corrected chi connectivity index (χ4v) is 1.63. The minimum Gasteiger partial charge on any atom is -0.508 e. The molecule has 0 fully saturated rings. The number of hydrogen-bond acceptors (Lipinski definition) is 3. The third-order valence-electron chi connectivity index (χ3n) is 2.46. The second kappa shape index (κ2) is 6.64. The predicted molar refractivity (Wildman–Crippen MR) is 66.3 cm³/mol. The highest BCUT2D eigenvalue weighted by Gasteiger charge is 2.16. The van der Waals surface area contributed by atoms with Gasteiger partial charge in [-0.1, -0.05) is 19.1 Å². The number of rotatable bonds is 6. The monoisotopic (exact) mass is 251 g/mol. The summed E-state index contributed by atoms with van der Waals surface area (Å²) >= 11 is 0. The van der Waals surface area contributed by atoms with Crippen LogP contribution in [-0.2, 0) is 16.0 Å². The van der Waals surface area contributed by atoms with E-state index in [1.54, 1.807) is 12.1 Å². The van der Waals surface area contributed by atoms with Gasteiger partial charge in [0.05, 0.1) is 6.42 Å². The Hall–Kier alpha value is -2.04. The number of carboxylic acid groups (broad SMARTS) is 1. The topological polar surface area (TPSA) is 77.8 Å². The second-order valence-electron chi connectivity index (χ2n) is 4.05. The molecular weight excluding hydrogens is 234 g/mol. The number of amides is 1. The van der Waals surface area contributed by atoms with Gasteiger partial charge in [0.1, 0.15) is 12.3 Å². The summed E-state index contributed by atoms with van der Waals surface area (Å²) in [4.78, 5) is 23.9. The Morgan fingerprint density at radius 2 is 1.83 bits per heavy atom. The van der Waals surface area contributed by atoms with Gasteiger partial charge in [-0.05, 0) is 24.1 Å². The van der Waals surface area contributed by atoms with Crippen LogP contribution in [0.15, 0.2) is 24.3 Å². The van der Waals surface area contributed by atoms with Gasteiger partial charge in [0.15, 0.2) is 0 Å². The summed E-state index contributed by atoms with van der Waals surface area (Å²) < 4.78 is 0. The first-order valence-electron chi connectivity index (χ1n) is 5.80. The Kier molecular flexibility index (Phi) is 5.17. The molecule has 0 spiro atoms. The molecule has 1 aromatic rings. The standard InChI is InChI=1S/C13H17NO4/c1-2-7-14(9-13(17)18)12(16)8-10-3-5-11(15)6-4-10/h3-6,15H,2,7-9H2,1H3,(H,17,18). The molecule has 0 saturated carbocycles. The zero-order chi connectivity index (χ0) is 13.5. The lowest BCUT2D eigenvalue weighted by Crippen LogP contribution is -2.37. The third-order valence-corrected chi connectivity index (χ3v) is 2.46. The highest BCUT2D eigenvalue weighted by atomic mass is 16.4. The maximum absolute atomic E-state index is 11.9. The van der Waals surface area contributed by atoms with Crippen molar-refractivity contribution in [2.45, 2.75) is 19.8 Å². The molecule has 0 aliphatic carbocycles. The summed E-state index contributed by atoms with van der Waals surface area (Å²) in [6.07, 6.45) is 0.863. The molecule has 0 radical (unpaired) electrons. The largest absolute Gasteiger partial charge is 0.508 e. The number of carboxylic acids is 1. The Labute approximate surface area is 106 Å². The molecule has 0 unspecified atom stereocenters. The number of hydrogen-bond donors (Lipinski definition) is 2. The molecule has 0 bridgehead atoms. The van der Waals surface area contributed by atoms with Gasteiger partial charge in [0, 0.05) is 6.54 Å². The SMILES string of the molecule is CCCN(CC(=O)O)C(=O)Cc1ccc(O)cc1. The summed E-state index contributed by atoms with van der Waals surface area (Å²) in [6, 6.07) is 6.31. The lowest BCUT2D eigenvalue weighted by Gasteiger charge is -2.19. The van der Waals surface area contributed by atoms with Crippen molar-refractivity contribution >= 4 is 11.9 Å². The van der Waals surface area contributed by atoms with Gasteiger partial charge >= 0.3 is 5.97 Å². The van der Waals surface area contributed by atoms with E-state index in [-0.39, 0.29) is 24.6 Å². The van der Waals surface area contributed by atoms with Crippen molar-refractivity contribution in [1.82, 2.24) is 4.90 Å². The summed E-state index contributed by atoms with van der Waals surface area (Å²) in [5.74, 6) is -1.09. The number of carbonyl (C=O) groups is 2. The highest BCUT2D eigenvalue weighted by molar-refractivity contribution is 5.83. The molecule has 1 aromatic carbocycles. The van der Waals surface area contributed by atoms with Crippen LogP contribution in [0, 0.1) is 0 Å². The fourth-order valence-electron chi connectivity index (χ4n) is 1.63. The van der Waals surface area contributed by atoms with Crippen LogP contribution in [0.4, 0.5) is 0 Å². The summed E-state index contributed by atoms with van der Waals surface area (Å²) in [5.41, 5.74) is 0.754. The molecule has 0 atom stereocenters. The van der Waals surface area contributed by atoms with Crippen LogP contribution < -0.4 is 0 Å². The number of nitrogens with zero attached hydrogens (tertiary/aromatic N) is 1. The molecule has 5 nitrogen and oxygen atoms in total. The van der Waals surface area contributed by atoms with E-state index in [9.17, 15) is 9.59 Å². The first-order valence-corrected chi connectivity index (χ1v) is 5.80. The van der Waals surface area contributed by atoms with Crippen LogP contribution >= 0.6 is 0 Å². The van der Waals surface area contributed by atoms with E-state index in [0.29, 0.717) is 13.0 Å². The van der Waals surface area contributed by atoms with Gasteiger partial charge in [-0.2, -0.15) is 0 Å². The Morgan fingerprint density at radius 3 is 2.33 bits per heavy atom. The van der Waals surface area contributed by atoms with Gasteiger partial charge in [-0.25, -0.2) is 0 Å². The van der Waals surface area contributed by atoms with Gasteiger partial charge in [0.25, 0.3) is 0 Å². The number of phenols is 1. The minimum absolute atomic E-state index is 0.141. The molecule has 18 heavy (non-hydrogen) atoms. The molecule has 1 rings (SSSR count). The first-order chi connectivity index (χ1) is 8.52. The normalized spacial score (nSPS) is 10.1. The predicted octanol–water partition coefficient (Wildman–Crippen LogP) is 1.26. The van der Waals surface area contributed by atoms with Crippen LogP contribution in [0.2, 0.25) is 0 Å². The molecule has 0 saturated heterocycles. The molecule has 0 heterocycles. The molecule has 0 aromatic heterocycles. The quantitative estimate of drug-likeness (QED) is 0.797. The summed E-state index contributed by atoms with van der Waals surface area (Å²) in [7, 11) is 0. The number of aromatic hydroxyl groups is 1. The van der Waals surface area contributed by atoms with Crippen molar-refractivity contribution in [3.05, 3.63) is 29.8 Å². The van der Waals surface area contributed by atoms with Crippen molar-refractivity contribution in [2.24, 2.45) is 0 Å². The lowest BCUT2D eigenvalue weighted by molar-refractivity contribution is -0.144. The van der Waals surface area contributed by atoms with Gasteiger partial charge < -0.3 is 15.1 Å². The average molecular weight is 251 g/mol. The van der Waals surface area contributed by atoms with Crippen molar-refractivity contribution in [3.8, 4) is 5.75 Å². The van der Waals surface area contributed by atoms with Gasteiger partial charge in [-0.3, -0.25) is 9.59 Å². The Morgan fingerprint density at radius 1 is 1.22 bits per heavy atom. The Bertz CT molecular complexity index is 414. The Balaban J connectivity index is 2.65. The summed E-state index contributed by atoms with van der Waals surface area (Å²) in [6.45, 7) is 2.05. The zero-order valence-electron chi connectivity index (χ0n) is 10.3. The van der Waals surface area contributed by atoms with E-state index < -0.39 is 5.97 Å². The van der Waals surface area contributed by atoms with E-state index in [1.165, 1.54) is 17.0 Å². The lowest BCUT2D eigenvalue weighted by atomic mass is 10.1. The molecule has 1 amide bonds. The maximum Gasteiger partial charge on any atom is 0.323 e. The van der Waals surface area contributed by atoms with Crippen molar-refractivity contribution in [2.75, 3.05) is 13.1 Å². The molecule has 0 aliphatic heterocycles. The number of aliphatic carboxylic acids is 1. The van der Waals surface area contributed by atoms with Crippen LogP contribution in [0.5, 0.6) is 5.75 Å². The van der Waals surface area contributed by atoms with Gasteiger partial charge in [0.2, 0.25) is 5.91 Å². The van der Waals surface area contributed by atoms with Crippen molar-refractivity contribution in [1.29, 1.82) is 0 Å². The number of benzene rings is 1. The second-order valence-corrected chi connectivity index (χ2v) is 4.05.